The second-order valence-electron chi connectivity index (χ2n) is 5.31. The minimum absolute atomic E-state index is 0.241. The molecule has 2 heterocycles. The summed E-state index contributed by atoms with van der Waals surface area (Å²) in [5, 5.41) is 10.4. The zero-order valence-electron chi connectivity index (χ0n) is 12.2. The van der Waals surface area contributed by atoms with Gasteiger partial charge in [0, 0.05) is 11.1 Å². The van der Waals surface area contributed by atoms with Gasteiger partial charge in [-0.3, -0.25) is 0 Å². The van der Waals surface area contributed by atoms with Crippen molar-refractivity contribution in [2.24, 2.45) is 0 Å². The van der Waals surface area contributed by atoms with Gasteiger partial charge in [0.25, 0.3) is 0 Å². The molecule has 5 heteroatoms. The van der Waals surface area contributed by atoms with Gasteiger partial charge in [0.15, 0.2) is 6.10 Å². The highest BCUT2D eigenvalue weighted by molar-refractivity contribution is 5.79. The average molecular weight is 292 g/mol. The second kappa shape index (κ2) is 5.93. The third-order valence-electron chi connectivity index (χ3n) is 3.91. The third kappa shape index (κ3) is 2.58. The Hall–Kier alpha value is -1.75. The molecule has 0 radical (unpaired) electrons. The van der Waals surface area contributed by atoms with E-state index >= 15 is 0 Å². The van der Waals surface area contributed by atoms with Crippen molar-refractivity contribution in [1.29, 1.82) is 0 Å². The molecule has 2 aliphatic heterocycles. The third-order valence-corrected chi connectivity index (χ3v) is 3.91. The van der Waals surface area contributed by atoms with Crippen molar-refractivity contribution in [2.75, 3.05) is 19.8 Å². The fourth-order valence-electron chi connectivity index (χ4n) is 2.99. The molecule has 0 aromatic heterocycles. The van der Waals surface area contributed by atoms with Crippen molar-refractivity contribution in [3.05, 3.63) is 22.8 Å². The molecule has 0 saturated carbocycles. The van der Waals surface area contributed by atoms with E-state index in [4.69, 9.17) is 14.2 Å². The molecule has 5 nitrogen and oxygen atoms in total. The van der Waals surface area contributed by atoms with Crippen LogP contribution in [-0.4, -0.2) is 30.9 Å². The predicted octanol–water partition coefficient (Wildman–Crippen LogP) is 1.93. The van der Waals surface area contributed by atoms with Crippen LogP contribution in [0.15, 0.2) is 6.07 Å². The van der Waals surface area contributed by atoms with Gasteiger partial charge >= 0.3 is 5.97 Å². The largest absolute Gasteiger partial charge is 0.493 e. The lowest BCUT2D eigenvalue weighted by Crippen LogP contribution is -2.23. The van der Waals surface area contributed by atoms with Gasteiger partial charge < -0.3 is 19.3 Å². The molecular formula is C16H20O5. The molecule has 114 valence electrons. The van der Waals surface area contributed by atoms with Gasteiger partial charge in [-0.2, -0.15) is 0 Å². The van der Waals surface area contributed by atoms with E-state index in [1.54, 1.807) is 6.92 Å². The fourth-order valence-corrected chi connectivity index (χ4v) is 2.99. The maximum Gasteiger partial charge on any atom is 0.339 e. The molecule has 1 atom stereocenters. The van der Waals surface area contributed by atoms with Crippen LogP contribution in [0.4, 0.5) is 0 Å². The Bertz CT molecular complexity index is 518. The van der Waals surface area contributed by atoms with Crippen molar-refractivity contribution in [3.63, 3.8) is 0 Å². The lowest BCUT2D eigenvalue weighted by atomic mass is 9.90. The minimum Gasteiger partial charge on any atom is -0.493 e. The van der Waals surface area contributed by atoms with Gasteiger partial charge in [0.1, 0.15) is 11.5 Å². The van der Waals surface area contributed by atoms with E-state index in [1.165, 1.54) is 0 Å². The van der Waals surface area contributed by atoms with Crippen LogP contribution in [0.25, 0.3) is 0 Å². The molecule has 0 saturated heterocycles. The van der Waals surface area contributed by atoms with Crippen LogP contribution >= 0.6 is 0 Å². The zero-order valence-corrected chi connectivity index (χ0v) is 12.2. The van der Waals surface area contributed by atoms with E-state index in [9.17, 15) is 9.90 Å². The first-order chi connectivity index (χ1) is 10.2. The second-order valence-corrected chi connectivity index (χ2v) is 5.31. The van der Waals surface area contributed by atoms with E-state index in [2.05, 4.69) is 0 Å². The fraction of sp³-hybridized carbons (Fsp3) is 0.562. The summed E-state index contributed by atoms with van der Waals surface area (Å²) in [6.07, 6.45) is 2.13. The molecule has 0 amide bonds. The predicted molar refractivity (Wildman–Crippen MR) is 75.7 cm³/mol. The number of ether oxygens (including phenoxy) is 3. The summed E-state index contributed by atoms with van der Waals surface area (Å²) < 4.78 is 16.4. The Balaban J connectivity index is 2.09. The smallest absolute Gasteiger partial charge is 0.339 e. The van der Waals surface area contributed by atoms with Crippen LogP contribution in [0.3, 0.4) is 0 Å². The van der Waals surface area contributed by atoms with E-state index in [1.807, 2.05) is 6.07 Å². The van der Waals surface area contributed by atoms with Gasteiger partial charge in [-0.05, 0) is 44.2 Å². The van der Waals surface area contributed by atoms with Crippen LogP contribution in [0.1, 0.15) is 42.6 Å². The van der Waals surface area contributed by atoms with Crippen LogP contribution in [0.5, 0.6) is 11.5 Å². The minimum atomic E-state index is -1.31. The number of rotatable bonds is 3. The summed E-state index contributed by atoms with van der Waals surface area (Å²) in [6.45, 7) is 3.24. The van der Waals surface area contributed by atoms with Crippen molar-refractivity contribution < 1.29 is 24.1 Å². The van der Waals surface area contributed by atoms with E-state index in [-0.39, 0.29) is 6.61 Å². The van der Waals surface area contributed by atoms with E-state index in [0.29, 0.717) is 24.5 Å². The summed E-state index contributed by atoms with van der Waals surface area (Å²) in [6, 6.07) is 1.99. The maximum absolute atomic E-state index is 11.9. The first kappa shape index (κ1) is 14.2. The molecular weight excluding hydrogens is 272 g/mol. The van der Waals surface area contributed by atoms with Gasteiger partial charge in [-0.25, -0.2) is 4.79 Å². The highest BCUT2D eigenvalue weighted by atomic mass is 16.5. The van der Waals surface area contributed by atoms with Crippen LogP contribution in [-0.2, 0) is 22.4 Å². The number of fused-ring (bicyclic) bond motifs is 2. The van der Waals surface area contributed by atoms with E-state index < -0.39 is 12.1 Å². The lowest BCUT2D eigenvalue weighted by Gasteiger charge is -2.28. The van der Waals surface area contributed by atoms with Crippen LogP contribution in [0, 0.1) is 0 Å². The molecule has 1 N–H and O–H groups in total. The highest BCUT2D eigenvalue weighted by Gasteiger charge is 2.32. The molecule has 3 rings (SSSR count). The average Bonchev–Trinajstić information content (AvgIpc) is 2.52. The number of benzene rings is 1. The topological polar surface area (TPSA) is 65.0 Å². The van der Waals surface area contributed by atoms with Gasteiger partial charge in [0.05, 0.1) is 19.8 Å². The standard InChI is InChI=1S/C16H20O5/c1-2-19-16(18)14(17)13-11-6-4-7-20-12(11)9-10-5-3-8-21-15(10)13/h9,14,17H,2-8H2,1H3. The lowest BCUT2D eigenvalue weighted by molar-refractivity contribution is -0.153. The van der Waals surface area contributed by atoms with Gasteiger partial charge in [-0.1, -0.05) is 0 Å². The maximum atomic E-state index is 11.9. The van der Waals surface area contributed by atoms with Crippen LogP contribution < -0.4 is 9.47 Å². The number of aliphatic hydroxyl groups excluding tert-OH is 1. The molecule has 21 heavy (non-hydrogen) atoms. The first-order valence-electron chi connectivity index (χ1n) is 7.51. The van der Waals surface area contributed by atoms with Crippen molar-refractivity contribution >= 4 is 5.97 Å². The number of carbonyl (C=O) groups is 1. The van der Waals surface area contributed by atoms with Crippen molar-refractivity contribution in [2.45, 2.75) is 38.7 Å². The Morgan fingerprint density at radius 1 is 1.33 bits per heavy atom. The monoisotopic (exact) mass is 292 g/mol. The zero-order chi connectivity index (χ0) is 14.8. The summed E-state index contributed by atoms with van der Waals surface area (Å²) >= 11 is 0. The number of hydrogen-bond donors (Lipinski definition) is 1. The first-order valence-corrected chi connectivity index (χ1v) is 7.51. The van der Waals surface area contributed by atoms with Gasteiger partial charge in [-0.15, -0.1) is 0 Å². The molecule has 1 unspecified atom stereocenters. The number of hydrogen-bond acceptors (Lipinski definition) is 5. The van der Waals surface area contributed by atoms with Crippen molar-refractivity contribution in [1.82, 2.24) is 0 Å². The summed E-state index contributed by atoms with van der Waals surface area (Å²) in [7, 11) is 0. The number of aliphatic hydroxyl groups is 1. The Kier molecular flexibility index (Phi) is 4.01. The quantitative estimate of drug-likeness (QED) is 0.862. The van der Waals surface area contributed by atoms with Crippen molar-refractivity contribution in [3.8, 4) is 11.5 Å². The molecule has 2 aliphatic rings. The summed E-state index contributed by atoms with van der Waals surface area (Å²) in [5.41, 5.74) is 2.42. The number of esters is 1. The molecule has 0 spiro atoms. The van der Waals surface area contributed by atoms with E-state index in [0.717, 1.165) is 42.6 Å². The molecule has 0 bridgehead atoms. The molecule has 1 aromatic rings. The molecule has 0 fully saturated rings. The Morgan fingerprint density at radius 3 is 2.90 bits per heavy atom. The molecule has 1 aromatic carbocycles. The number of aryl methyl sites for hydroxylation is 1. The Morgan fingerprint density at radius 2 is 2.10 bits per heavy atom. The van der Waals surface area contributed by atoms with Gasteiger partial charge in [0.2, 0.25) is 0 Å². The summed E-state index contributed by atoms with van der Waals surface area (Å²) in [5.74, 6) is 0.780. The normalized spacial score (nSPS) is 17.8. The number of carbonyl (C=O) groups excluding carboxylic acids is 1. The SMILES string of the molecule is CCOC(=O)C(O)c1c2c(cc3c1OCCC3)OCCC2. The Labute approximate surface area is 123 Å². The highest BCUT2D eigenvalue weighted by Crippen LogP contribution is 2.42. The summed E-state index contributed by atoms with van der Waals surface area (Å²) in [4.78, 5) is 11.9. The van der Waals surface area contributed by atoms with Crippen LogP contribution in [0.2, 0.25) is 0 Å². The molecule has 0 aliphatic carbocycles.